The van der Waals surface area contributed by atoms with Crippen molar-refractivity contribution in [3.05, 3.63) is 72.3 Å². The van der Waals surface area contributed by atoms with Gasteiger partial charge < -0.3 is 14.9 Å². The second-order valence-corrected chi connectivity index (χ2v) is 9.16. The van der Waals surface area contributed by atoms with Gasteiger partial charge in [0.25, 0.3) is 0 Å². The van der Waals surface area contributed by atoms with Gasteiger partial charge in [-0.15, -0.1) is 0 Å². The molecule has 33 heavy (non-hydrogen) atoms. The molecule has 6 nitrogen and oxygen atoms in total. The first-order valence-corrected chi connectivity index (χ1v) is 11.6. The van der Waals surface area contributed by atoms with Crippen molar-refractivity contribution in [1.29, 1.82) is 0 Å². The van der Waals surface area contributed by atoms with Crippen LogP contribution in [-0.4, -0.2) is 63.0 Å². The van der Waals surface area contributed by atoms with Crippen molar-refractivity contribution < 1.29 is 0 Å². The lowest BCUT2D eigenvalue weighted by Crippen LogP contribution is -2.43. The largest absolute Gasteiger partial charge is 0.360 e. The minimum atomic E-state index is 0.897. The Kier molecular flexibility index (Phi) is 4.97. The Morgan fingerprint density at radius 2 is 1.73 bits per heavy atom. The zero-order valence-electron chi connectivity index (χ0n) is 19.1. The molecule has 6 heteroatoms. The third-order valence-electron chi connectivity index (χ3n) is 6.82. The summed E-state index contributed by atoms with van der Waals surface area (Å²) in [5, 5.41) is 2.27. The van der Waals surface area contributed by atoms with Crippen LogP contribution < -0.4 is 0 Å². The van der Waals surface area contributed by atoms with Crippen LogP contribution in [0.25, 0.3) is 44.3 Å². The first-order valence-electron chi connectivity index (χ1n) is 11.6. The molecule has 6 rings (SSSR count). The van der Waals surface area contributed by atoms with E-state index >= 15 is 0 Å². The van der Waals surface area contributed by atoms with Crippen LogP contribution in [0.2, 0.25) is 0 Å². The van der Waals surface area contributed by atoms with E-state index in [9.17, 15) is 0 Å². The van der Waals surface area contributed by atoms with Crippen LogP contribution in [0.4, 0.5) is 0 Å². The fraction of sp³-hybridized carbons (Fsp3) is 0.259. The number of piperazine rings is 1. The lowest BCUT2D eigenvalue weighted by atomic mass is 10.0. The molecule has 1 aromatic carbocycles. The number of aryl methyl sites for hydroxylation is 1. The Morgan fingerprint density at radius 3 is 2.55 bits per heavy atom. The molecule has 2 N–H and O–H groups in total. The number of likely N-dealkylation sites (N-methyl/N-ethyl adjacent to an activating group) is 1. The molecule has 1 saturated heterocycles. The molecule has 0 spiro atoms. The quantitative estimate of drug-likeness (QED) is 0.424. The van der Waals surface area contributed by atoms with Gasteiger partial charge in [-0.25, -0.2) is 4.98 Å². The van der Waals surface area contributed by atoms with E-state index < -0.39 is 0 Å². The standard InChI is InChI=1S/C27H28N6/c1-18-26(24-14-21-7-8-28-25(21)16-29-24)23-13-22(15-30-27(23)31-18)20-5-3-19(4-6-20)17-33-11-9-32(2)10-12-33/h3-8,13-16,28H,9-12,17H2,1-2H3,(H,30,31). The number of pyridine rings is 2. The van der Waals surface area contributed by atoms with Gasteiger partial charge in [0, 0.05) is 72.7 Å². The number of aromatic amines is 2. The SMILES string of the molecule is Cc1[nH]c2ncc(-c3ccc(CN4CCN(C)CC4)cc3)cc2c1-c1cc2cc[nH]c2cn1. The van der Waals surface area contributed by atoms with Crippen molar-refractivity contribution in [2.24, 2.45) is 0 Å². The lowest BCUT2D eigenvalue weighted by molar-refractivity contribution is 0.148. The highest BCUT2D eigenvalue weighted by Gasteiger charge is 2.16. The average Bonchev–Trinajstić information content (AvgIpc) is 3.43. The molecule has 5 heterocycles. The number of nitrogens with one attached hydrogen (secondary N) is 2. The highest BCUT2D eigenvalue weighted by molar-refractivity contribution is 5.98. The fourth-order valence-electron chi connectivity index (χ4n) is 4.84. The number of nitrogens with zero attached hydrogens (tertiary/aromatic N) is 4. The summed E-state index contributed by atoms with van der Waals surface area (Å²) in [4.78, 5) is 21.0. The number of aromatic nitrogens is 4. The molecule has 0 atom stereocenters. The Morgan fingerprint density at radius 1 is 0.909 bits per heavy atom. The van der Waals surface area contributed by atoms with E-state index in [1.54, 1.807) is 0 Å². The van der Waals surface area contributed by atoms with Gasteiger partial charge in [-0.2, -0.15) is 0 Å². The van der Waals surface area contributed by atoms with Crippen molar-refractivity contribution in [1.82, 2.24) is 29.7 Å². The molecule has 1 aliphatic heterocycles. The highest BCUT2D eigenvalue weighted by Crippen LogP contribution is 2.34. The van der Waals surface area contributed by atoms with E-state index in [1.165, 1.54) is 11.1 Å². The summed E-state index contributed by atoms with van der Waals surface area (Å²) < 4.78 is 0. The van der Waals surface area contributed by atoms with Gasteiger partial charge >= 0.3 is 0 Å². The minimum Gasteiger partial charge on any atom is -0.360 e. The van der Waals surface area contributed by atoms with Crippen LogP contribution in [0.5, 0.6) is 0 Å². The van der Waals surface area contributed by atoms with Gasteiger partial charge in [-0.1, -0.05) is 24.3 Å². The molecule has 4 aromatic heterocycles. The van der Waals surface area contributed by atoms with Crippen molar-refractivity contribution in [3.8, 4) is 22.4 Å². The second-order valence-electron chi connectivity index (χ2n) is 9.16. The molecule has 166 valence electrons. The highest BCUT2D eigenvalue weighted by atomic mass is 15.2. The molecule has 0 radical (unpaired) electrons. The minimum absolute atomic E-state index is 0.897. The van der Waals surface area contributed by atoms with Gasteiger partial charge in [-0.3, -0.25) is 9.88 Å². The van der Waals surface area contributed by atoms with Crippen LogP contribution in [0.15, 0.2) is 61.1 Å². The maximum Gasteiger partial charge on any atom is 0.138 e. The Bertz CT molecular complexity index is 1420. The van der Waals surface area contributed by atoms with E-state index in [0.29, 0.717) is 0 Å². The van der Waals surface area contributed by atoms with Gasteiger partial charge in [-0.05, 0) is 43.3 Å². The summed E-state index contributed by atoms with van der Waals surface area (Å²) in [7, 11) is 2.20. The molecular weight excluding hydrogens is 408 g/mol. The van der Waals surface area contributed by atoms with E-state index in [0.717, 1.165) is 77.2 Å². The van der Waals surface area contributed by atoms with E-state index in [4.69, 9.17) is 9.97 Å². The second kappa shape index (κ2) is 8.14. The molecule has 1 aliphatic rings. The van der Waals surface area contributed by atoms with Gasteiger partial charge in [0.2, 0.25) is 0 Å². The number of H-pyrrole nitrogens is 2. The lowest BCUT2D eigenvalue weighted by Gasteiger charge is -2.32. The maximum atomic E-state index is 4.74. The summed E-state index contributed by atoms with van der Waals surface area (Å²) in [6.07, 6.45) is 5.81. The number of fused-ring (bicyclic) bond motifs is 2. The first-order chi connectivity index (χ1) is 16.1. The van der Waals surface area contributed by atoms with E-state index in [-0.39, 0.29) is 0 Å². The predicted octanol–water partition coefficient (Wildman–Crippen LogP) is 4.83. The van der Waals surface area contributed by atoms with E-state index in [1.807, 2.05) is 18.6 Å². The maximum absolute atomic E-state index is 4.74. The summed E-state index contributed by atoms with van der Waals surface area (Å²) in [5.41, 5.74) is 8.78. The van der Waals surface area contributed by atoms with Crippen LogP contribution in [0.1, 0.15) is 11.3 Å². The molecule has 5 aromatic rings. The topological polar surface area (TPSA) is 63.8 Å². The van der Waals surface area contributed by atoms with Crippen LogP contribution in [0, 0.1) is 6.92 Å². The fourth-order valence-corrected chi connectivity index (χ4v) is 4.84. The van der Waals surface area contributed by atoms with Crippen molar-refractivity contribution in [2.75, 3.05) is 33.2 Å². The Labute approximate surface area is 193 Å². The van der Waals surface area contributed by atoms with Crippen LogP contribution in [-0.2, 0) is 6.54 Å². The third-order valence-corrected chi connectivity index (χ3v) is 6.82. The molecule has 0 unspecified atom stereocenters. The van der Waals surface area contributed by atoms with Crippen molar-refractivity contribution >= 4 is 21.9 Å². The monoisotopic (exact) mass is 436 g/mol. The summed E-state index contributed by atoms with van der Waals surface area (Å²) in [5.74, 6) is 0. The summed E-state index contributed by atoms with van der Waals surface area (Å²) in [6, 6.07) is 15.4. The predicted molar refractivity (Wildman–Crippen MR) is 134 cm³/mol. The third kappa shape index (κ3) is 3.81. The van der Waals surface area contributed by atoms with Gasteiger partial charge in [0.05, 0.1) is 17.4 Å². The van der Waals surface area contributed by atoms with Gasteiger partial charge in [0.15, 0.2) is 0 Å². The summed E-state index contributed by atoms with van der Waals surface area (Å²) >= 11 is 0. The molecule has 0 bridgehead atoms. The average molecular weight is 437 g/mol. The van der Waals surface area contributed by atoms with Gasteiger partial charge in [0.1, 0.15) is 5.65 Å². The van der Waals surface area contributed by atoms with Crippen molar-refractivity contribution in [3.63, 3.8) is 0 Å². The molecule has 0 amide bonds. The van der Waals surface area contributed by atoms with Crippen LogP contribution >= 0.6 is 0 Å². The number of rotatable bonds is 4. The first kappa shape index (κ1) is 20.1. The number of hydrogen-bond donors (Lipinski definition) is 2. The molecule has 0 saturated carbocycles. The molecular formula is C27H28N6. The zero-order chi connectivity index (χ0) is 22.4. The Hall–Kier alpha value is -3.48. The van der Waals surface area contributed by atoms with Crippen molar-refractivity contribution in [2.45, 2.75) is 13.5 Å². The summed E-state index contributed by atoms with van der Waals surface area (Å²) in [6.45, 7) is 7.67. The smallest absolute Gasteiger partial charge is 0.138 e. The zero-order valence-corrected chi connectivity index (χ0v) is 19.1. The van der Waals surface area contributed by atoms with Crippen LogP contribution in [0.3, 0.4) is 0 Å². The Balaban J connectivity index is 1.31. The van der Waals surface area contributed by atoms with E-state index in [2.05, 4.69) is 76.2 Å². The number of benzene rings is 1. The normalized spacial score (nSPS) is 15.6. The molecule has 0 aliphatic carbocycles. The molecule has 1 fully saturated rings. The number of hydrogen-bond acceptors (Lipinski definition) is 4.